The van der Waals surface area contributed by atoms with E-state index < -0.39 is 0 Å². The minimum Gasteiger partial charge on any atom is -0.310 e. The van der Waals surface area contributed by atoms with E-state index in [9.17, 15) is 0 Å². The van der Waals surface area contributed by atoms with Crippen LogP contribution >= 0.6 is 0 Å². The maximum absolute atomic E-state index is 2.41. The van der Waals surface area contributed by atoms with E-state index in [4.69, 9.17) is 0 Å². The molecule has 14 rings (SSSR count). The zero-order chi connectivity index (χ0) is 50.4. The van der Waals surface area contributed by atoms with Crippen LogP contribution in [0.15, 0.2) is 303 Å². The summed E-state index contributed by atoms with van der Waals surface area (Å²) in [6.07, 6.45) is 0. The molecule has 0 aromatic heterocycles. The Morgan fingerprint density at radius 1 is 0.145 bits per heavy atom. The molecule has 2 heteroatoms. The normalized spacial score (nSPS) is 11.4. The molecule has 0 N–H and O–H groups in total. The Morgan fingerprint density at radius 2 is 0.368 bits per heavy atom. The molecule has 0 heterocycles. The van der Waals surface area contributed by atoms with Gasteiger partial charge in [0.15, 0.2) is 0 Å². The van der Waals surface area contributed by atoms with Crippen molar-refractivity contribution in [1.29, 1.82) is 0 Å². The summed E-state index contributed by atoms with van der Waals surface area (Å²) in [5, 5.41) is 12.4. The van der Waals surface area contributed by atoms with Crippen LogP contribution in [0.2, 0.25) is 0 Å². The fourth-order valence-corrected chi connectivity index (χ4v) is 11.6. The van der Waals surface area contributed by atoms with Crippen LogP contribution in [0.1, 0.15) is 0 Å². The lowest BCUT2D eigenvalue weighted by atomic mass is 9.87. The van der Waals surface area contributed by atoms with Gasteiger partial charge in [0.1, 0.15) is 0 Å². The third-order valence-electron chi connectivity index (χ3n) is 15.2. The van der Waals surface area contributed by atoms with Crippen LogP contribution in [-0.2, 0) is 0 Å². The highest BCUT2D eigenvalue weighted by Gasteiger charge is 2.21. The Morgan fingerprint density at radius 3 is 0.697 bits per heavy atom. The van der Waals surface area contributed by atoms with Gasteiger partial charge in [0.25, 0.3) is 0 Å². The lowest BCUT2D eigenvalue weighted by Crippen LogP contribution is -2.10. The predicted molar refractivity (Wildman–Crippen MR) is 325 cm³/mol. The molecule has 0 saturated carbocycles. The monoisotopic (exact) mass is 966 g/mol. The standard InChI is InChI=1S/C74H50N2/c1-5-17-51(18-6-1)53-29-33-55(34-30-53)57-37-41-61(42-38-57)75(59-21-9-3-10-22-59)63-45-47-69-71(49-63)65-25-13-15-27-67(65)74-70-48-46-64(50-72(70)66-26-14-16-28-68(66)73(69)74)76(60-23-11-4-12-24-60)62-43-39-58(40-44-62)56-35-31-54(32-36-56)52-19-7-2-8-20-52/h1-50H. The van der Waals surface area contributed by atoms with E-state index in [0.29, 0.717) is 0 Å². The summed E-state index contributed by atoms with van der Waals surface area (Å²) in [5.41, 5.74) is 16.2. The van der Waals surface area contributed by atoms with Crippen molar-refractivity contribution in [2.45, 2.75) is 0 Å². The maximum Gasteiger partial charge on any atom is 0.0468 e. The average Bonchev–Trinajstić information content (AvgIpc) is 3.66. The van der Waals surface area contributed by atoms with Gasteiger partial charge in [-0.1, -0.05) is 231 Å². The smallest absolute Gasteiger partial charge is 0.0468 e. The Bertz CT molecular complexity index is 4100. The van der Waals surface area contributed by atoms with Crippen LogP contribution in [-0.4, -0.2) is 0 Å². The highest BCUT2D eigenvalue weighted by Crippen LogP contribution is 2.48. The number of fused-ring (bicyclic) bond motifs is 11. The first-order chi connectivity index (χ1) is 37.7. The Hall–Kier alpha value is -10.0. The van der Waals surface area contributed by atoms with Gasteiger partial charge in [0.05, 0.1) is 0 Å². The summed E-state index contributed by atoms with van der Waals surface area (Å²) in [4.78, 5) is 4.77. The minimum absolute atomic E-state index is 1.10. The van der Waals surface area contributed by atoms with Gasteiger partial charge in [0, 0.05) is 34.1 Å². The molecule has 0 radical (unpaired) electrons. The van der Waals surface area contributed by atoms with E-state index in [0.717, 1.165) is 34.1 Å². The van der Waals surface area contributed by atoms with Crippen LogP contribution in [0.3, 0.4) is 0 Å². The van der Waals surface area contributed by atoms with Gasteiger partial charge in [-0.05, 0) is 171 Å². The molecule has 76 heavy (non-hydrogen) atoms. The van der Waals surface area contributed by atoms with E-state index in [1.165, 1.54) is 98.4 Å². The van der Waals surface area contributed by atoms with Crippen LogP contribution in [0.5, 0.6) is 0 Å². The molecule has 0 spiro atoms. The number of nitrogens with zero attached hydrogens (tertiary/aromatic N) is 2. The predicted octanol–water partition coefficient (Wildman–Crippen LogP) is 21.1. The quantitative estimate of drug-likeness (QED) is 0.126. The third kappa shape index (κ3) is 8.01. The van der Waals surface area contributed by atoms with Crippen LogP contribution in [0, 0.1) is 0 Å². The lowest BCUT2D eigenvalue weighted by molar-refractivity contribution is 1.29. The van der Waals surface area contributed by atoms with E-state index in [2.05, 4.69) is 313 Å². The van der Waals surface area contributed by atoms with Crippen LogP contribution < -0.4 is 9.80 Å². The summed E-state index contributed by atoms with van der Waals surface area (Å²) in [7, 11) is 0. The van der Waals surface area contributed by atoms with Crippen LogP contribution in [0.25, 0.3) is 98.4 Å². The third-order valence-corrected chi connectivity index (χ3v) is 15.2. The number of anilines is 6. The minimum atomic E-state index is 1.10. The maximum atomic E-state index is 2.41. The van der Waals surface area contributed by atoms with Crippen molar-refractivity contribution in [2.75, 3.05) is 9.80 Å². The number of hydrogen-bond donors (Lipinski definition) is 0. The SMILES string of the molecule is c1ccc(-c2ccc(-c3ccc(N(c4ccccc4)c4ccc5c(c4)c4ccccc4c4c6ccc(N(c7ccccc7)c7ccc(-c8ccc(-c9ccccc9)cc8)cc7)cc6c6ccccc6c54)cc3)cc2)cc1. The molecule has 14 aromatic carbocycles. The molecule has 0 saturated heterocycles. The van der Waals surface area contributed by atoms with Crippen molar-refractivity contribution in [2.24, 2.45) is 0 Å². The zero-order valence-electron chi connectivity index (χ0n) is 41.8. The molecule has 2 nitrogen and oxygen atoms in total. The van der Waals surface area contributed by atoms with Gasteiger partial charge in [-0.15, -0.1) is 0 Å². The Kier molecular flexibility index (Phi) is 11.2. The molecule has 14 aromatic rings. The van der Waals surface area contributed by atoms with E-state index in [-0.39, 0.29) is 0 Å². The zero-order valence-corrected chi connectivity index (χ0v) is 41.8. The second-order valence-corrected chi connectivity index (χ2v) is 19.6. The number of benzene rings is 14. The highest BCUT2D eigenvalue weighted by atomic mass is 15.1. The molecule has 0 fully saturated rings. The summed E-state index contributed by atoms with van der Waals surface area (Å²) in [6.45, 7) is 0. The first-order valence-electron chi connectivity index (χ1n) is 26.2. The van der Waals surface area contributed by atoms with Gasteiger partial charge >= 0.3 is 0 Å². The van der Waals surface area contributed by atoms with Gasteiger partial charge < -0.3 is 9.80 Å². The van der Waals surface area contributed by atoms with Gasteiger partial charge in [-0.25, -0.2) is 0 Å². The number of hydrogen-bond acceptors (Lipinski definition) is 2. The second-order valence-electron chi connectivity index (χ2n) is 19.6. The molecule has 0 aliphatic heterocycles. The molecule has 0 amide bonds. The topological polar surface area (TPSA) is 6.48 Å². The number of rotatable bonds is 10. The van der Waals surface area contributed by atoms with Crippen molar-refractivity contribution < 1.29 is 0 Å². The van der Waals surface area contributed by atoms with E-state index in [1.54, 1.807) is 0 Å². The van der Waals surface area contributed by atoms with Crippen molar-refractivity contribution in [3.8, 4) is 44.5 Å². The van der Waals surface area contributed by atoms with Gasteiger partial charge in [-0.2, -0.15) is 0 Å². The van der Waals surface area contributed by atoms with E-state index >= 15 is 0 Å². The van der Waals surface area contributed by atoms with Crippen molar-refractivity contribution in [1.82, 2.24) is 0 Å². The second kappa shape index (κ2) is 19.1. The van der Waals surface area contributed by atoms with Crippen molar-refractivity contribution in [3.63, 3.8) is 0 Å². The Labute approximate surface area is 443 Å². The molecule has 0 aliphatic rings. The molecular weight excluding hydrogens is 917 g/mol. The largest absolute Gasteiger partial charge is 0.310 e. The first kappa shape index (κ1) is 44.7. The average molecular weight is 967 g/mol. The molecule has 0 atom stereocenters. The van der Waals surface area contributed by atoms with Crippen molar-refractivity contribution >= 4 is 88.0 Å². The fraction of sp³-hybridized carbons (Fsp3) is 0. The molecular formula is C74H50N2. The first-order valence-corrected chi connectivity index (χ1v) is 26.2. The summed E-state index contributed by atoms with van der Waals surface area (Å²) in [5.74, 6) is 0. The summed E-state index contributed by atoms with van der Waals surface area (Å²) in [6, 6.07) is 111. The molecule has 0 aliphatic carbocycles. The van der Waals surface area contributed by atoms with Crippen LogP contribution in [0.4, 0.5) is 34.1 Å². The Balaban J connectivity index is 0.879. The number of para-hydroxylation sites is 2. The van der Waals surface area contributed by atoms with Gasteiger partial charge in [-0.3, -0.25) is 0 Å². The molecule has 0 bridgehead atoms. The van der Waals surface area contributed by atoms with E-state index in [1.807, 2.05) is 0 Å². The summed E-state index contributed by atoms with van der Waals surface area (Å²) >= 11 is 0. The molecule has 356 valence electrons. The lowest BCUT2D eigenvalue weighted by Gasteiger charge is -2.27. The van der Waals surface area contributed by atoms with Crippen molar-refractivity contribution in [3.05, 3.63) is 303 Å². The van der Waals surface area contributed by atoms with Gasteiger partial charge in [0.2, 0.25) is 0 Å². The highest BCUT2D eigenvalue weighted by molar-refractivity contribution is 6.39. The summed E-state index contributed by atoms with van der Waals surface area (Å²) < 4.78 is 0. The molecule has 0 unspecified atom stereocenters. The fourth-order valence-electron chi connectivity index (χ4n) is 11.6.